The second-order valence-electron chi connectivity index (χ2n) is 4.00. The molecule has 0 amide bonds. The molecule has 0 unspecified atom stereocenters. The summed E-state index contributed by atoms with van der Waals surface area (Å²) in [7, 11) is 3.54. The second kappa shape index (κ2) is 4.59. The Bertz CT molecular complexity index is 558. The molecule has 0 saturated carbocycles. The van der Waals surface area contributed by atoms with Crippen molar-refractivity contribution >= 4 is 16.7 Å². The smallest absolute Gasteiger partial charge is 0.166 e. The van der Waals surface area contributed by atoms with Crippen molar-refractivity contribution in [2.24, 2.45) is 12.8 Å². The van der Waals surface area contributed by atoms with Crippen molar-refractivity contribution in [3.63, 3.8) is 0 Å². The fraction of sp³-hybridized carbons (Fsp3) is 0.308. The molecule has 2 N–H and O–H groups in total. The van der Waals surface area contributed by atoms with Gasteiger partial charge < -0.3 is 15.0 Å². The number of ether oxygens (including phenoxy) is 1. The van der Waals surface area contributed by atoms with Gasteiger partial charge in [0.25, 0.3) is 0 Å². The minimum atomic E-state index is 0.0753. The third-order valence-corrected chi connectivity index (χ3v) is 2.87. The van der Waals surface area contributed by atoms with Crippen LogP contribution in [0.1, 0.15) is 16.8 Å². The Balaban J connectivity index is 2.58. The van der Waals surface area contributed by atoms with Gasteiger partial charge in [0, 0.05) is 36.1 Å². The lowest BCUT2D eigenvalue weighted by Gasteiger charge is -2.01. The molecular formula is C13H16N2O2. The van der Waals surface area contributed by atoms with E-state index in [2.05, 4.69) is 0 Å². The van der Waals surface area contributed by atoms with Crippen LogP contribution in [0.3, 0.4) is 0 Å². The molecule has 0 fully saturated rings. The van der Waals surface area contributed by atoms with Gasteiger partial charge in [-0.05, 0) is 24.7 Å². The highest BCUT2D eigenvalue weighted by Crippen LogP contribution is 2.26. The number of carbonyl (C=O) groups is 1. The molecule has 17 heavy (non-hydrogen) atoms. The van der Waals surface area contributed by atoms with Gasteiger partial charge >= 0.3 is 0 Å². The van der Waals surface area contributed by atoms with Crippen LogP contribution in [-0.2, 0) is 7.05 Å². The third kappa shape index (κ3) is 2.03. The van der Waals surface area contributed by atoms with Gasteiger partial charge in [-0.1, -0.05) is 0 Å². The van der Waals surface area contributed by atoms with E-state index in [1.807, 2.05) is 36.0 Å². The molecule has 0 aliphatic heterocycles. The highest BCUT2D eigenvalue weighted by atomic mass is 16.5. The number of carbonyl (C=O) groups excluding carboxylic acids is 1. The lowest BCUT2D eigenvalue weighted by Crippen LogP contribution is -2.07. The normalized spacial score (nSPS) is 10.8. The number of aryl methyl sites for hydroxylation is 1. The zero-order chi connectivity index (χ0) is 12.4. The minimum absolute atomic E-state index is 0.0753. The first-order valence-electron chi connectivity index (χ1n) is 5.53. The van der Waals surface area contributed by atoms with Crippen LogP contribution in [0.2, 0.25) is 0 Å². The van der Waals surface area contributed by atoms with E-state index in [0.717, 1.165) is 16.7 Å². The van der Waals surface area contributed by atoms with Crippen LogP contribution in [0.4, 0.5) is 0 Å². The Morgan fingerprint density at radius 3 is 2.88 bits per heavy atom. The molecule has 0 radical (unpaired) electrons. The molecule has 1 heterocycles. The van der Waals surface area contributed by atoms with Gasteiger partial charge in [0.1, 0.15) is 5.75 Å². The predicted molar refractivity (Wildman–Crippen MR) is 67.5 cm³/mol. The maximum absolute atomic E-state index is 11.9. The molecule has 0 aliphatic rings. The van der Waals surface area contributed by atoms with E-state index >= 15 is 0 Å². The summed E-state index contributed by atoms with van der Waals surface area (Å²) in [6.45, 7) is 0.374. The summed E-state index contributed by atoms with van der Waals surface area (Å²) >= 11 is 0. The number of nitrogens with zero attached hydrogens (tertiary/aromatic N) is 1. The van der Waals surface area contributed by atoms with Crippen LogP contribution in [0, 0.1) is 0 Å². The van der Waals surface area contributed by atoms with Gasteiger partial charge in [-0.2, -0.15) is 0 Å². The highest BCUT2D eigenvalue weighted by molar-refractivity contribution is 6.08. The van der Waals surface area contributed by atoms with E-state index in [1.165, 1.54) is 0 Å². The van der Waals surface area contributed by atoms with E-state index in [1.54, 1.807) is 7.11 Å². The van der Waals surface area contributed by atoms with Crippen LogP contribution >= 0.6 is 0 Å². The molecule has 2 aromatic rings. The van der Waals surface area contributed by atoms with E-state index in [0.29, 0.717) is 18.5 Å². The topological polar surface area (TPSA) is 57.2 Å². The molecule has 0 saturated heterocycles. The Hall–Kier alpha value is -1.81. The number of Topliss-reactive ketones (excluding diaryl/α,β-unsaturated/α-hetero) is 1. The van der Waals surface area contributed by atoms with Crippen LogP contribution in [0.5, 0.6) is 5.75 Å². The number of aromatic nitrogens is 1. The molecule has 90 valence electrons. The Kier molecular flexibility index (Phi) is 3.15. The fourth-order valence-electron chi connectivity index (χ4n) is 1.99. The van der Waals surface area contributed by atoms with Crippen LogP contribution in [0.15, 0.2) is 24.4 Å². The summed E-state index contributed by atoms with van der Waals surface area (Å²) in [4.78, 5) is 11.9. The minimum Gasteiger partial charge on any atom is -0.497 e. The van der Waals surface area contributed by atoms with Gasteiger partial charge in [0.05, 0.1) is 7.11 Å². The number of benzene rings is 1. The molecule has 1 aromatic heterocycles. The number of hydrogen-bond donors (Lipinski definition) is 1. The SMILES string of the molecule is COc1ccc2c(c1)c(C(=O)CCN)cn2C. The Morgan fingerprint density at radius 2 is 2.24 bits per heavy atom. The summed E-state index contributed by atoms with van der Waals surface area (Å²) in [5.74, 6) is 0.830. The van der Waals surface area contributed by atoms with Crippen molar-refractivity contribution < 1.29 is 9.53 Å². The molecule has 4 nitrogen and oxygen atoms in total. The maximum atomic E-state index is 11.9. The van der Waals surface area contributed by atoms with Gasteiger partial charge in [-0.25, -0.2) is 0 Å². The highest BCUT2D eigenvalue weighted by Gasteiger charge is 2.13. The van der Waals surface area contributed by atoms with Crippen molar-refractivity contribution in [2.75, 3.05) is 13.7 Å². The summed E-state index contributed by atoms with van der Waals surface area (Å²) in [5.41, 5.74) is 7.16. The summed E-state index contributed by atoms with van der Waals surface area (Å²) < 4.78 is 7.12. The van der Waals surface area contributed by atoms with E-state index in [9.17, 15) is 4.79 Å². The number of fused-ring (bicyclic) bond motifs is 1. The molecule has 2 rings (SSSR count). The van der Waals surface area contributed by atoms with Crippen LogP contribution < -0.4 is 10.5 Å². The van der Waals surface area contributed by atoms with Gasteiger partial charge in [0.15, 0.2) is 5.78 Å². The first-order chi connectivity index (χ1) is 8.17. The average Bonchev–Trinajstić information content (AvgIpc) is 2.66. The summed E-state index contributed by atoms with van der Waals surface area (Å²) in [6, 6.07) is 5.73. The maximum Gasteiger partial charge on any atom is 0.166 e. The van der Waals surface area contributed by atoms with Crippen molar-refractivity contribution in [1.82, 2.24) is 4.57 Å². The number of ketones is 1. The van der Waals surface area contributed by atoms with Crippen LogP contribution in [0.25, 0.3) is 10.9 Å². The Labute approximate surface area is 100.0 Å². The average molecular weight is 232 g/mol. The first kappa shape index (κ1) is 11.7. The van der Waals surface area contributed by atoms with Gasteiger partial charge in [-0.15, -0.1) is 0 Å². The van der Waals surface area contributed by atoms with E-state index in [4.69, 9.17) is 10.5 Å². The molecule has 0 aliphatic carbocycles. The second-order valence-corrected chi connectivity index (χ2v) is 4.00. The number of nitrogens with two attached hydrogens (primary N) is 1. The standard InChI is InChI=1S/C13H16N2O2/c1-15-8-11(13(16)5-6-14)10-7-9(17-2)3-4-12(10)15/h3-4,7-8H,5-6,14H2,1-2H3. The van der Waals surface area contributed by atoms with E-state index in [-0.39, 0.29) is 5.78 Å². The van der Waals surface area contributed by atoms with Crippen molar-refractivity contribution in [3.05, 3.63) is 30.0 Å². The van der Waals surface area contributed by atoms with Gasteiger partial charge in [0.2, 0.25) is 0 Å². The molecular weight excluding hydrogens is 216 g/mol. The van der Waals surface area contributed by atoms with Crippen molar-refractivity contribution in [3.8, 4) is 5.75 Å². The monoisotopic (exact) mass is 232 g/mol. The van der Waals surface area contributed by atoms with Gasteiger partial charge in [-0.3, -0.25) is 4.79 Å². The zero-order valence-electron chi connectivity index (χ0n) is 10.1. The number of rotatable bonds is 4. The molecule has 0 bridgehead atoms. The largest absolute Gasteiger partial charge is 0.497 e. The molecule has 0 atom stereocenters. The fourth-order valence-corrected chi connectivity index (χ4v) is 1.99. The lowest BCUT2D eigenvalue weighted by molar-refractivity contribution is 0.0987. The Morgan fingerprint density at radius 1 is 1.47 bits per heavy atom. The van der Waals surface area contributed by atoms with Crippen molar-refractivity contribution in [2.45, 2.75) is 6.42 Å². The number of methoxy groups -OCH3 is 1. The van der Waals surface area contributed by atoms with E-state index < -0.39 is 0 Å². The quantitative estimate of drug-likeness (QED) is 0.816. The zero-order valence-corrected chi connectivity index (χ0v) is 10.1. The summed E-state index contributed by atoms with van der Waals surface area (Å²) in [6.07, 6.45) is 2.22. The van der Waals surface area contributed by atoms with Crippen LogP contribution in [-0.4, -0.2) is 24.0 Å². The molecule has 1 aromatic carbocycles. The number of hydrogen-bond acceptors (Lipinski definition) is 3. The predicted octanol–water partition coefficient (Wildman–Crippen LogP) is 1.72. The third-order valence-electron chi connectivity index (χ3n) is 2.87. The van der Waals surface area contributed by atoms with Crippen molar-refractivity contribution in [1.29, 1.82) is 0 Å². The molecule has 0 spiro atoms. The first-order valence-corrected chi connectivity index (χ1v) is 5.53. The lowest BCUT2D eigenvalue weighted by atomic mass is 10.1. The summed E-state index contributed by atoms with van der Waals surface area (Å²) in [5, 5.41) is 0.922. The molecule has 4 heteroatoms.